The maximum absolute atomic E-state index is 12.5. The molecule has 1 atom stereocenters. The first-order chi connectivity index (χ1) is 10.2. The summed E-state index contributed by atoms with van der Waals surface area (Å²) in [5.74, 6) is 0.962. The van der Waals surface area contributed by atoms with Gasteiger partial charge in [-0.25, -0.2) is 0 Å². The average Bonchev–Trinajstić information content (AvgIpc) is 3.11. The van der Waals surface area contributed by atoms with Crippen LogP contribution in [-0.2, 0) is 17.9 Å². The van der Waals surface area contributed by atoms with E-state index in [1.807, 2.05) is 42.3 Å². The van der Waals surface area contributed by atoms with Gasteiger partial charge in [-0.15, -0.1) is 11.3 Å². The molecule has 1 N–H and O–H groups in total. The molecule has 5 heteroatoms. The Balaban J connectivity index is 2.01. The van der Waals surface area contributed by atoms with Crippen LogP contribution in [0.3, 0.4) is 0 Å². The van der Waals surface area contributed by atoms with Gasteiger partial charge in [0.2, 0.25) is 5.91 Å². The standard InChI is InChI=1S/C16H22N2O2S/c1-3-17-13(2)10-16(19)18(11-14-6-4-8-20-14)12-15-7-5-9-21-15/h4-9,13,17H,3,10-12H2,1-2H3. The smallest absolute Gasteiger partial charge is 0.224 e. The summed E-state index contributed by atoms with van der Waals surface area (Å²) in [4.78, 5) is 15.6. The summed E-state index contributed by atoms with van der Waals surface area (Å²) in [6.07, 6.45) is 2.14. The molecule has 114 valence electrons. The van der Waals surface area contributed by atoms with Crippen molar-refractivity contribution in [1.29, 1.82) is 0 Å². The van der Waals surface area contributed by atoms with E-state index in [0.717, 1.165) is 12.3 Å². The summed E-state index contributed by atoms with van der Waals surface area (Å²) < 4.78 is 5.38. The number of carbonyl (C=O) groups is 1. The first-order valence-corrected chi connectivity index (χ1v) is 8.13. The molecule has 2 heterocycles. The first kappa shape index (κ1) is 15.8. The minimum atomic E-state index is 0.147. The van der Waals surface area contributed by atoms with Crippen LogP contribution in [0, 0.1) is 0 Å². The number of carbonyl (C=O) groups excluding carboxylic acids is 1. The van der Waals surface area contributed by atoms with Crippen molar-refractivity contribution in [3.63, 3.8) is 0 Å². The van der Waals surface area contributed by atoms with Gasteiger partial charge in [-0.2, -0.15) is 0 Å². The van der Waals surface area contributed by atoms with Crippen molar-refractivity contribution in [2.75, 3.05) is 6.54 Å². The summed E-state index contributed by atoms with van der Waals surface area (Å²) in [5.41, 5.74) is 0. The van der Waals surface area contributed by atoms with Crippen molar-refractivity contribution in [2.24, 2.45) is 0 Å². The van der Waals surface area contributed by atoms with Gasteiger partial charge in [-0.1, -0.05) is 13.0 Å². The largest absolute Gasteiger partial charge is 0.467 e. The summed E-state index contributed by atoms with van der Waals surface area (Å²) in [5, 5.41) is 5.31. The lowest BCUT2D eigenvalue weighted by Crippen LogP contribution is -2.36. The van der Waals surface area contributed by atoms with Crippen LogP contribution in [0.5, 0.6) is 0 Å². The van der Waals surface area contributed by atoms with Gasteiger partial charge < -0.3 is 14.6 Å². The SMILES string of the molecule is CCNC(C)CC(=O)N(Cc1ccco1)Cc1cccs1. The molecule has 0 spiro atoms. The van der Waals surface area contributed by atoms with Gasteiger partial charge in [0, 0.05) is 17.3 Å². The molecular formula is C16H22N2O2S. The first-order valence-electron chi connectivity index (χ1n) is 7.25. The third kappa shape index (κ3) is 5.02. The molecule has 1 amide bonds. The highest BCUT2D eigenvalue weighted by atomic mass is 32.1. The van der Waals surface area contributed by atoms with Crippen LogP contribution in [-0.4, -0.2) is 23.4 Å². The predicted octanol–water partition coefficient (Wildman–Crippen LogP) is 3.26. The number of hydrogen-bond donors (Lipinski definition) is 1. The molecule has 0 radical (unpaired) electrons. The van der Waals surface area contributed by atoms with Gasteiger partial charge in [0.1, 0.15) is 5.76 Å². The fourth-order valence-electron chi connectivity index (χ4n) is 2.23. The van der Waals surface area contributed by atoms with E-state index >= 15 is 0 Å². The summed E-state index contributed by atoms with van der Waals surface area (Å²) >= 11 is 1.67. The second-order valence-electron chi connectivity index (χ2n) is 5.07. The Labute approximate surface area is 129 Å². The van der Waals surface area contributed by atoms with Gasteiger partial charge in [0.05, 0.1) is 19.4 Å². The summed E-state index contributed by atoms with van der Waals surface area (Å²) in [6.45, 7) is 6.11. The molecule has 4 nitrogen and oxygen atoms in total. The highest BCUT2D eigenvalue weighted by Crippen LogP contribution is 2.16. The molecule has 0 saturated carbocycles. The van der Waals surface area contributed by atoms with E-state index in [1.165, 1.54) is 4.88 Å². The second-order valence-corrected chi connectivity index (χ2v) is 6.10. The average molecular weight is 306 g/mol. The minimum absolute atomic E-state index is 0.147. The van der Waals surface area contributed by atoms with Gasteiger partial charge in [-0.05, 0) is 37.0 Å². The van der Waals surface area contributed by atoms with E-state index in [0.29, 0.717) is 19.5 Å². The number of thiophene rings is 1. The number of hydrogen-bond acceptors (Lipinski definition) is 4. The lowest BCUT2D eigenvalue weighted by molar-refractivity contribution is -0.133. The van der Waals surface area contributed by atoms with E-state index in [9.17, 15) is 4.79 Å². The Kier molecular flexibility index (Phi) is 6.02. The number of amides is 1. The third-order valence-corrected chi connectivity index (χ3v) is 4.10. The lowest BCUT2D eigenvalue weighted by atomic mass is 10.2. The summed E-state index contributed by atoms with van der Waals surface area (Å²) in [7, 11) is 0. The molecule has 21 heavy (non-hydrogen) atoms. The second kappa shape index (κ2) is 8.00. The maximum atomic E-state index is 12.5. The topological polar surface area (TPSA) is 45.5 Å². The molecular weight excluding hydrogens is 284 g/mol. The van der Waals surface area contributed by atoms with E-state index in [1.54, 1.807) is 17.6 Å². The number of rotatable bonds is 8. The van der Waals surface area contributed by atoms with E-state index < -0.39 is 0 Å². The maximum Gasteiger partial charge on any atom is 0.224 e. The molecule has 0 aliphatic heterocycles. The molecule has 0 saturated heterocycles. The highest BCUT2D eigenvalue weighted by Gasteiger charge is 2.18. The van der Waals surface area contributed by atoms with Crippen LogP contribution in [0.15, 0.2) is 40.3 Å². The van der Waals surface area contributed by atoms with Crippen molar-refractivity contribution in [1.82, 2.24) is 10.2 Å². The Bertz CT molecular complexity index is 486. The molecule has 0 fully saturated rings. The fourth-order valence-corrected chi connectivity index (χ4v) is 2.94. The molecule has 2 aromatic rings. The van der Waals surface area contributed by atoms with Gasteiger partial charge in [0.15, 0.2) is 0 Å². The van der Waals surface area contributed by atoms with Crippen LogP contribution in [0.2, 0.25) is 0 Å². The fraction of sp³-hybridized carbons (Fsp3) is 0.438. The van der Waals surface area contributed by atoms with Crippen LogP contribution in [0.4, 0.5) is 0 Å². The van der Waals surface area contributed by atoms with Crippen LogP contribution < -0.4 is 5.32 Å². The quantitative estimate of drug-likeness (QED) is 0.814. The Morgan fingerprint density at radius 3 is 2.86 bits per heavy atom. The molecule has 0 aromatic carbocycles. The molecule has 0 aliphatic carbocycles. The number of furan rings is 1. The molecule has 2 rings (SSSR count). The zero-order valence-corrected chi connectivity index (χ0v) is 13.4. The summed E-state index contributed by atoms with van der Waals surface area (Å²) in [6, 6.07) is 8.01. The molecule has 0 aliphatic rings. The van der Waals surface area contributed by atoms with Crippen molar-refractivity contribution >= 4 is 17.2 Å². The monoisotopic (exact) mass is 306 g/mol. The molecule has 2 aromatic heterocycles. The third-order valence-electron chi connectivity index (χ3n) is 3.24. The van der Waals surface area contributed by atoms with Crippen molar-refractivity contribution in [2.45, 2.75) is 39.4 Å². The van der Waals surface area contributed by atoms with E-state index in [-0.39, 0.29) is 11.9 Å². The number of nitrogens with zero attached hydrogens (tertiary/aromatic N) is 1. The van der Waals surface area contributed by atoms with Crippen molar-refractivity contribution < 1.29 is 9.21 Å². The number of nitrogens with one attached hydrogen (secondary N) is 1. The van der Waals surface area contributed by atoms with Crippen molar-refractivity contribution in [3.05, 3.63) is 46.5 Å². The minimum Gasteiger partial charge on any atom is -0.467 e. The Morgan fingerprint density at radius 1 is 1.38 bits per heavy atom. The van der Waals surface area contributed by atoms with Crippen LogP contribution in [0.25, 0.3) is 0 Å². The normalized spacial score (nSPS) is 12.3. The van der Waals surface area contributed by atoms with Crippen LogP contribution >= 0.6 is 11.3 Å². The molecule has 1 unspecified atom stereocenters. The van der Waals surface area contributed by atoms with Gasteiger partial charge in [-0.3, -0.25) is 4.79 Å². The molecule has 0 bridgehead atoms. The van der Waals surface area contributed by atoms with Gasteiger partial charge in [0.25, 0.3) is 0 Å². The Morgan fingerprint density at radius 2 is 2.24 bits per heavy atom. The van der Waals surface area contributed by atoms with Crippen LogP contribution in [0.1, 0.15) is 30.9 Å². The van der Waals surface area contributed by atoms with E-state index in [2.05, 4.69) is 11.4 Å². The zero-order chi connectivity index (χ0) is 15.1. The zero-order valence-electron chi connectivity index (χ0n) is 12.5. The van der Waals surface area contributed by atoms with Crippen molar-refractivity contribution in [3.8, 4) is 0 Å². The van der Waals surface area contributed by atoms with E-state index in [4.69, 9.17) is 4.42 Å². The predicted molar refractivity (Wildman–Crippen MR) is 85.0 cm³/mol. The van der Waals surface area contributed by atoms with Gasteiger partial charge >= 0.3 is 0 Å². The highest BCUT2D eigenvalue weighted by molar-refractivity contribution is 7.09. The lowest BCUT2D eigenvalue weighted by Gasteiger charge is -2.23. The Hall–Kier alpha value is -1.59.